The van der Waals surface area contributed by atoms with E-state index in [1.807, 2.05) is 54.0 Å². The number of aryl methyl sites for hydroxylation is 1. The van der Waals surface area contributed by atoms with Crippen molar-refractivity contribution >= 4 is 17.7 Å². The third kappa shape index (κ3) is 6.44. The van der Waals surface area contributed by atoms with E-state index in [-0.39, 0.29) is 5.91 Å². The Hall–Kier alpha value is -2.64. The van der Waals surface area contributed by atoms with Crippen molar-refractivity contribution in [3.63, 3.8) is 0 Å². The van der Waals surface area contributed by atoms with Gasteiger partial charge in [-0.1, -0.05) is 71.9 Å². The number of nitrogens with zero attached hydrogens (tertiary/aromatic N) is 3. The van der Waals surface area contributed by atoms with Crippen molar-refractivity contribution in [3.8, 4) is 0 Å². The number of methoxy groups -OCH3 is 1. The zero-order valence-corrected chi connectivity index (χ0v) is 17.6. The molecule has 1 N–H and O–H groups in total. The Balaban J connectivity index is 1.58. The maximum atomic E-state index is 12.3. The summed E-state index contributed by atoms with van der Waals surface area (Å²) in [5.74, 6) is 1.14. The van der Waals surface area contributed by atoms with Gasteiger partial charge in [0, 0.05) is 26.6 Å². The molecule has 0 bridgehead atoms. The van der Waals surface area contributed by atoms with Gasteiger partial charge in [0.25, 0.3) is 0 Å². The van der Waals surface area contributed by atoms with Crippen molar-refractivity contribution in [2.24, 2.45) is 0 Å². The topological polar surface area (TPSA) is 69.0 Å². The summed E-state index contributed by atoms with van der Waals surface area (Å²) in [6.07, 6.45) is 0.692. The van der Waals surface area contributed by atoms with E-state index < -0.39 is 0 Å². The lowest BCUT2D eigenvalue weighted by atomic mass is 10.1. The molecule has 7 heteroatoms. The van der Waals surface area contributed by atoms with Crippen LogP contribution in [0.5, 0.6) is 0 Å². The van der Waals surface area contributed by atoms with Crippen LogP contribution in [0.25, 0.3) is 0 Å². The molecule has 3 aromatic rings. The molecule has 0 aliphatic rings. The van der Waals surface area contributed by atoms with E-state index in [1.54, 1.807) is 7.11 Å². The van der Waals surface area contributed by atoms with E-state index in [9.17, 15) is 4.79 Å². The minimum atomic E-state index is -0.0264. The van der Waals surface area contributed by atoms with Crippen LogP contribution in [0.4, 0.5) is 0 Å². The molecule has 0 aliphatic carbocycles. The third-order valence-corrected chi connectivity index (χ3v) is 5.43. The first-order valence-corrected chi connectivity index (χ1v) is 10.5. The second kappa shape index (κ2) is 10.8. The Kier molecular flexibility index (Phi) is 7.84. The maximum Gasteiger partial charge on any atom is 0.230 e. The highest BCUT2D eigenvalue weighted by molar-refractivity contribution is 7.99. The number of benzene rings is 2. The third-order valence-electron chi connectivity index (χ3n) is 4.46. The van der Waals surface area contributed by atoms with Crippen LogP contribution in [0.3, 0.4) is 0 Å². The van der Waals surface area contributed by atoms with Crippen LogP contribution in [0.2, 0.25) is 0 Å². The van der Waals surface area contributed by atoms with Gasteiger partial charge in [-0.3, -0.25) is 4.79 Å². The van der Waals surface area contributed by atoms with Gasteiger partial charge in [0.15, 0.2) is 5.16 Å². The zero-order chi connectivity index (χ0) is 20.5. The number of carbonyl (C=O) groups is 1. The minimum absolute atomic E-state index is 0.0264. The Labute approximate surface area is 175 Å². The highest BCUT2D eigenvalue weighted by atomic mass is 32.2. The molecule has 1 heterocycles. The number of hydrogen-bond acceptors (Lipinski definition) is 5. The summed E-state index contributed by atoms with van der Waals surface area (Å²) in [6.45, 7) is 3.78. The molecule has 0 spiro atoms. The molecule has 29 heavy (non-hydrogen) atoms. The molecule has 1 amide bonds. The number of carbonyl (C=O) groups excluding carboxylic acids is 1. The second-order valence-corrected chi connectivity index (χ2v) is 7.70. The number of amides is 1. The summed E-state index contributed by atoms with van der Waals surface area (Å²) in [7, 11) is 1.67. The molecule has 0 aliphatic heterocycles. The van der Waals surface area contributed by atoms with Crippen molar-refractivity contribution in [2.45, 2.75) is 31.6 Å². The SMILES string of the molecule is COCCn1c(Cc2ccccc2)nnc1SCC(=O)NCc1ccc(C)cc1. The molecule has 0 saturated heterocycles. The minimum Gasteiger partial charge on any atom is -0.383 e. The molecule has 152 valence electrons. The number of nitrogens with one attached hydrogen (secondary N) is 1. The molecule has 0 fully saturated rings. The Morgan fingerprint density at radius 1 is 1.07 bits per heavy atom. The first-order chi connectivity index (χ1) is 14.2. The van der Waals surface area contributed by atoms with Gasteiger partial charge in [-0.2, -0.15) is 0 Å². The predicted octanol–water partition coefficient (Wildman–Crippen LogP) is 3.23. The van der Waals surface area contributed by atoms with Crippen LogP contribution in [0, 0.1) is 6.92 Å². The first-order valence-electron chi connectivity index (χ1n) is 9.55. The molecular weight excluding hydrogens is 384 g/mol. The summed E-state index contributed by atoms with van der Waals surface area (Å²) in [4.78, 5) is 12.3. The predicted molar refractivity (Wildman–Crippen MR) is 115 cm³/mol. The Morgan fingerprint density at radius 3 is 2.55 bits per heavy atom. The van der Waals surface area contributed by atoms with E-state index in [0.29, 0.717) is 31.9 Å². The Morgan fingerprint density at radius 2 is 1.83 bits per heavy atom. The number of hydrogen-bond donors (Lipinski definition) is 1. The average Bonchev–Trinajstić information content (AvgIpc) is 3.12. The highest BCUT2D eigenvalue weighted by Crippen LogP contribution is 2.19. The van der Waals surface area contributed by atoms with Gasteiger partial charge in [-0.15, -0.1) is 10.2 Å². The van der Waals surface area contributed by atoms with Crippen LogP contribution >= 0.6 is 11.8 Å². The summed E-state index contributed by atoms with van der Waals surface area (Å²) in [5, 5.41) is 12.3. The van der Waals surface area contributed by atoms with E-state index in [1.165, 1.54) is 22.9 Å². The van der Waals surface area contributed by atoms with Gasteiger partial charge in [-0.25, -0.2) is 0 Å². The zero-order valence-electron chi connectivity index (χ0n) is 16.8. The summed E-state index contributed by atoms with van der Waals surface area (Å²) in [6, 6.07) is 18.3. The molecule has 0 radical (unpaired) electrons. The molecule has 0 saturated carbocycles. The molecule has 1 aromatic heterocycles. The lowest BCUT2D eigenvalue weighted by molar-refractivity contribution is -0.118. The standard InChI is InChI=1S/C22H26N4O2S/c1-17-8-10-19(11-9-17)15-23-21(27)16-29-22-25-24-20(26(22)12-13-28-2)14-18-6-4-3-5-7-18/h3-11H,12-16H2,1-2H3,(H,23,27). The highest BCUT2D eigenvalue weighted by Gasteiger charge is 2.14. The molecule has 3 rings (SSSR count). The van der Waals surface area contributed by atoms with Crippen LogP contribution in [0.15, 0.2) is 59.8 Å². The molecule has 0 unspecified atom stereocenters. The van der Waals surface area contributed by atoms with Crippen molar-refractivity contribution in [3.05, 3.63) is 77.1 Å². The summed E-state index contributed by atoms with van der Waals surface area (Å²) < 4.78 is 7.27. The quantitative estimate of drug-likeness (QED) is 0.520. The fourth-order valence-electron chi connectivity index (χ4n) is 2.83. The molecular formula is C22H26N4O2S. The fraction of sp³-hybridized carbons (Fsp3) is 0.318. The number of aromatic nitrogens is 3. The molecule has 0 atom stereocenters. The van der Waals surface area contributed by atoms with Crippen LogP contribution in [-0.2, 0) is 29.0 Å². The largest absolute Gasteiger partial charge is 0.383 e. The number of ether oxygens (including phenoxy) is 1. The summed E-state index contributed by atoms with van der Waals surface area (Å²) in [5.41, 5.74) is 3.46. The van der Waals surface area contributed by atoms with Crippen molar-refractivity contribution < 1.29 is 9.53 Å². The van der Waals surface area contributed by atoms with Crippen molar-refractivity contribution in [1.29, 1.82) is 0 Å². The monoisotopic (exact) mass is 410 g/mol. The molecule has 2 aromatic carbocycles. The van der Waals surface area contributed by atoms with Gasteiger partial charge >= 0.3 is 0 Å². The van der Waals surface area contributed by atoms with Crippen LogP contribution in [-0.4, -0.2) is 40.1 Å². The average molecular weight is 411 g/mol. The maximum absolute atomic E-state index is 12.3. The summed E-state index contributed by atoms with van der Waals surface area (Å²) >= 11 is 1.40. The van der Waals surface area contributed by atoms with Crippen molar-refractivity contribution in [2.75, 3.05) is 19.5 Å². The van der Waals surface area contributed by atoms with Gasteiger partial charge in [0.1, 0.15) is 5.82 Å². The van der Waals surface area contributed by atoms with Gasteiger partial charge in [0.05, 0.1) is 12.4 Å². The van der Waals surface area contributed by atoms with Crippen molar-refractivity contribution in [1.82, 2.24) is 20.1 Å². The Bertz CT molecular complexity index is 910. The van der Waals surface area contributed by atoms with E-state index in [0.717, 1.165) is 16.5 Å². The number of rotatable bonds is 10. The number of thioether (sulfide) groups is 1. The molecule has 6 nitrogen and oxygen atoms in total. The van der Waals surface area contributed by atoms with Gasteiger partial charge < -0.3 is 14.6 Å². The van der Waals surface area contributed by atoms with E-state index >= 15 is 0 Å². The second-order valence-electron chi connectivity index (χ2n) is 6.76. The van der Waals surface area contributed by atoms with Crippen LogP contribution in [0.1, 0.15) is 22.5 Å². The normalized spacial score (nSPS) is 10.8. The fourth-order valence-corrected chi connectivity index (χ4v) is 3.64. The van der Waals surface area contributed by atoms with E-state index in [4.69, 9.17) is 4.74 Å². The smallest absolute Gasteiger partial charge is 0.230 e. The van der Waals surface area contributed by atoms with Gasteiger partial charge in [-0.05, 0) is 18.1 Å². The van der Waals surface area contributed by atoms with Crippen LogP contribution < -0.4 is 5.32 Å². The van der Waals surface area contributed by atoms with E-state index in [2.05, 4.69) is 27.6 Å². The first kappa shape index (κ1) is 21.1. The lowest BCUT2D eigenvalue weighted by Crippen LogP contribution is -2.24. The lowest BCUT2D eigenvalue weighted by Gasteiger charge is -2.10. The van der Waals surface area contributed by atoms with Gasteiger partial charge in [0.2, 0.25) is 5.91 Å².